The first kappa shape index (κ1) is 36.1. The first-order valence-corrected chi connectivity index (χ1v) is 16.4. The number of pyridine rings is 1. The Balaban J connectivity index is 0.00000500. The quantitative estimate of drug-likeness (QED) is 0.169. The van der Waals surface area contributed by atoms with Crippen molar-refractivity contribution in [2.24, 2.45) is 0 Å². The molecule has 250 valence electrons. The lowest BCUT2D eigenvalue weighted by molar-refractivity contribution is -0.377. The van der Waals surface area contributed by atoms with Gasteiger partial charge in [0.2, 0.25) is 0 Å². The first-order valence-electron chi connectivity index (χ1n) is 14.8. The number of halogens is 2. The molecule has 13 heteroatoms. The molecule has 3 N–H and O–H groups in total. The Bertz CT molecular complexity index is 1640. The standard InChI is InChI=1S/C34H35Cl2N3O6S.H2O/c1-39-14-13-23(20-39)44-34(41)32(21-7-5-4-6-8-21)38-17-24-10-12-31(46-24)33(40)45-29(16-25-26(35)18-37-19-27(25)36)22-9-11-28(42-2)30(15-22)43-3;/h4-12,15,18-19,23,29,32,38H,13-14,16-17,20H2,1-3H3;1H2/t23-,29+,32?;/m1./s1. The third-order valence-electron chi connectivity index (χ3n) is 7.76. The van der Waals surface area contributed by atoms with E-state index in [2.05, 4.69) is 15.2 Å². The molecule has 1 fully saturated rings. The number of nitrogens with one attached hydrogen (secondary N) is 2. The monoisotopic (exact) mass is 701 g/mol. The zero-order valence-corrected chi connectivity index (χ0v) is 28.5. The van der Waals surface area contributed by atoms with Gasteiger partial charge in [0.15, 0.2) is 23.9 Å². The van der Waals surface area contributed by atoms with Crippen LogP contribution in [0.5, 0.6) is 11.5 Å². The second-order valence-electron chi connectivity index (χ2n) is 10.9. The summed E-state index contributed by atoms with van der Waals surface area (Å²) < 4.78 is 22.8. The Morgan fingerprint density at radius 1 is 1.00 bits per heavy atom. The Morgan fingerprint density at radius 3 is 2.38 bits per heavy atom. The molecule has 3 heterocycles. The van der Waals surface area contributed by atoms with Gasteiger partial charge in [-0.1, -0.05) is 59.6 Å². The van der Waals surface area contributed by atoms with Gasteiger partial charge in [-0.05, 0) is 48.9 Å². The molecular formula is C34H37Cl2N3O7S. The van der Waals surface area contributed by atoms with Crippen LogP contribution < -0.4 is 19.8 Å². The normalized spacial score (nSPS) is 15.7. The topological polar surface area (TPSA) is 130 Å². The molecule has 47 heavy (non-hydrogen) atoms. The van der Waals surface area contributed by atoms with Gasteiger partial charge in [0.05, 0.1) is 14.2 Å². The molecular weight excluding hydrogens is 665 g/mol. The summed E-state index contributed by atoms with van der Waals surface area (Å²) in [5, 5.41) is 4.18. The number of ether oxygens (including phenoxy) is 4. The van der Waals surface area contributed by atoms with E-state index in [4.69, 9.17) is 42.1 Å². The molecule has 1 saturated heterocycles. The van der Waals surface area contributed by atoms with Crippen LogP contribution in [0.15, 0.2) is 73.1 Å². The van der Waals surface area contributed by atoms with Crippen LogP contribution in [0, 0.1) is 0 Å². The van der Waals surface area contributed by atoms with Gasteiger partial charge in [0.25, 0.3) is 0 Å². The number of hydrogen-bond acceptors (Lipinski definition) is 10. The minimum atomic E-state index is -0.736. The molecule has 10 nitrogen and oxygen atoms in total. The average molecular weight is 703 g/mol. The number of nitrogens with zero attached hydrogens (tertiary/aromatic N) is 1. The number of likely N-dealkylation sites (N-methyl/N-ethyl adjacent to an activating group) is 1. The number of thiophene rings is 1. The van der Waals surface area contributed by atoms with E-state index >= 15 is 0 Å². The summed E-state index contributed by atoms with van der Waals surface area (Å²) in [5.74, 6) is 0.215. The molecule has 0 spiro atoms. The van der Waals surface area contributed by atoms with Crippen molar-refractivity contribution in [1.29, 1.82) is 0 Å². The average Bonchev–Trinajstić information content (AvgIpc) is 3.71. The number of hydrogen-bond donors (Lipinski definition) is 1. The molecule has 0 saturated carbocycles. The number of likely N-dealkylation sites (tertiary alicyclic amines) is 1. The summed E-state index contributed by atoms with van der Waals surface area (Å²) in [6, 6.07) is 17.7. The van der Waals surface area contributed by atoms with Crippen LogP contribution in [0.4, 0.5) is 0 Å². The molecule has 5 rings (SSSR count). The van der Waals surface area contributed by atoms with Crippen LogP contribution in [0.1, 0.15) is 49.8 Å². The molecule has 1 aliphatic heterocycles. The predicted octanol–water partition coefficient (Wildman–Crippen LogP) is 5.93. The molecule has 0 bridgehead atoms. The molecule has 2 aromatic carbocycles. The maximum atomic E-state index is 13.5. The van der Waals surface area contributed by atoms with Gasteiger partial charge in [-0.25, -0.2) is 14.6 Å². The highest BCUT2D eigenvalue weighted by Crippen LogP contribution is 2.36. The van der Waals surface area contributed by atoms with Gasteiger partial charge in [0.1, 0.15) is 33.2 Å². The number of aromatic nitrogens is 1. The molecule has 0 aliphatic carbocycles. The number of methoxy groups -OCH3 is 2. The van der Waals surface area contributed by atoms with Crippen LogP contribution in [-0.2, 0) is 27.2 Å². The highest BCUT2D eigenvalue weighted by atomic mass is 35.5. The van der Waals surface area contributed by atoms with Crippen LogP contribution in [0.25, 0.3) is 0 Å². The lowest BCUT2D eigenvalue weighted by Crippen LogP contribution is -2.33. The smallest absolute Gasteiger partial charge is 0.348 e. The van der Waals surface area contributed by atoms with Crippen LogP contribution in [-0.4, -0.2) is 62.8 Å². The molecule has 1 unspecified atom stereocenters. The summed E-state index contributed by atoms with van der Waals surface area (Å²) in [6.07, 6.45) is 3.42. The molecule has 4 aromatic rings. The van der Waals surface area contributed by atoms with Crippen molar-refractivity contribution in [3.05, 3.63) is 110 Å². The van der Waals surface area contributed by atoms with Crippen LogP contribution in [0.3, 0.4) is 0 Å². The van der Waals surface area contributed by atoms with Gasteiger partial charge in [-0.15, -0.1) is 11.3 Å². The van der Waals surface area contributed by atoms with E-state index in [1.807, 2.05) is 49.5 Å². The third kappa shape index (κ3) is 9.22. The molecule has 2 aromatic heterocycles. The van der Waals surface area contributed by atoms with Crippen molar-refractivity contribution in [3.63, 3.8) is 0 Å². The van der Waals surface area contributed by atoms with Crippen LogP contribution >= 0.6 is 34.5 Å². The van der Waals surface area contributed by atoms with E-state index in [0.717, 1.165) is 30.0 Å². The Kier molecular flexibility index (Phi) is 13.0. The Hall–Kier alpha value is -3.71. The van der Waals surface area contributed by atoms with E-state index in [1.165, 1.54) is 11.3 Å². The fourth-order valence-corrected chi connectivity index (χ4v) is 6.69. The number of carbonyl (C=O) groups excluding carboxylic acids is 2. The SMILES string of the molecule is COc1ccc([C@H](Cc2c(Cl)c[nH+]cc2Cl)OC(=O)c2ccc(CNC(C(=O)O[C@@H]3CCN(C)C3)c3ccccc3)s2)cc1OC.[OH-]. The zero-order valence-electron chi connectivity index (χ0n) is 26.2. The van der Waals surface area contributed by atoms with Crippen molar-refractivity contribution in [2.75, 3.05) is 34.4 Å². The van der Waals surface area contributed by atoms with Gasteiger partial charge in [-0.2, -0.15) is 0 Å². The van der Waals surface area contributed by atoms with E-state index in [1.54, 1.807) is 44.8 Å². The van der Waals surface area contributed by atoms with E-state index in [9.17, 15) is 9.59 Å². The molecule has 1 aliphatic rings. The number of esters is 2. The van der Waals surface area contributed by atoms with Gasteiger partial charge >= 0.3 is 11.9 Å². The fraction of sp³-hybridized carbons (Fsp3) is 0.324. The number of benzene rings is 2. The molecule has 3 atom stereocenters. The minimum absolute atomic E-state index is 0. The van der Waals surface area contributed by atoms with E-state index in [-0.39, 0.29) is 24.0 Å². The molecule has 0 radical (unpaired) electrons. The van der Waals surface area contributed by atoms with Crippen molar-refractivity contribution in [3.8, 4) is 11.5 Å². The summed E-state index contributed by atoms with van der Waals surface area (Å²) >= 11 is 14.2. The predicted molar refractivity (Wildman–Crippen MR) is 179 cm³/mol. The maximum Gasteiger partial charge on any atom is 0.348 e. The van der Waals surface area contributed by atoms with E-state index < -0.39 is 18.1 Å². The number of H-pyrrole nitrogens is 1. The number of carbonyl (C=O) groups is 2. The van der Waals surface area contributed by atoms with Crippen LogP contribution in [0.2, 0.25) is 10.0 Å². The first-order chi connectivity index (χ1) is 22.2. The summed E-state index contributed by atoms with van der Waals surface area (Å²) in [6.45, 7) is 1.96. The van der Waals surface area contributed by atoms with Crippen molar-refractivity contribution in [2.45, 2.75) is 37.6 Å². The number of rotatable bonds is 13. The lowest BCUT2D eigenvalue weighted by atomic mass is 10.0. The third-order valence-corrected chi connectivity index (χ3v) is 9.50. The van der Waals surface area contributed by atoms with Crippen molar-refractivity contribution < 1.29 is 39.0 Å². The van der Waals surface area contributed by atoms with Crippen molar-refractivity contribution >= 4 is 46.5 Å². The Morgan fingerprint density at radius 2 is 1.72 bits per heavy atom. The minimum Gasteiger partial charge on any atom is -0.870 e. The summed E-state index contributed by atoms with van der Waals surface area (Å²) in [4.78, 5) is 33.1. The Labute approximate surface area is 287 Å². The highest BCUT2D eigenvalue weighted by Gasteiger charge is 2.29. The summed E-state index contributed by atoms with van der Waals surface area (Å²) in [7, 11) is 5.11. The fourth-order valence-electron chi connectivity index (χ4n) is 5.32. The highest BCUT2D eigenvalue weighted by molar-refractivity contribution is 7.13. The largest absolute Gasteiger partial charge is 0.870 e. The van der Waals surface area contributed by atoms with Gasteiger partial charge in [-0.3, -0.25) is 5.32 Å². The van der Waals surface area contributed by atoms with E-state index in [0.29, 0.717) is 44.1 Å². The summed E-state index contributed by atoms with van der Waals surface area (Å²) in [5.41, 5.74) is 2.12. The molecule has 0 amide bonds. The van der Waals surface area contributed by atoms with Crippen molar-refractivity contribution in [1.82, 2.24) is 10.2 Å². The maximum absolute atomic E-state index is 13.5. The second kappa shape index (κ2) is 16.9. The number of aromatic amines is 1. The van der Waals surface area contributed by atoms with Gasteiger partial charge < -0.3 is 29.3 Å². The van der Waals surface area contributed by atoms with Gasteiger partial charge in [0, 0.05) is 36.5 Å². The lowest BCUT2D eigenvalue weighted by Gasteiger charge is -2.21. The zero-order chi connectivity index (χ0) is 32.6. The second-order valence-corrected chi connectivity index (χ2v) is 12.9.